The molecule has 2 aromatic carbocycles. The number of nitrogens with one attached hydrogen (secondary N) is 1. The van der Waals surface area contributed by atoms with Gasteiger partial charge >= 0.3 is 0 Å². The minimum Gasteiger partial charge on any atom is -0.379 e. The second-order valence-corrected chi connectivity index (χ2v) is 9.08. The van der Waals surface area contributed by atoms with E-state index in [2.05, 4.69) is 53.5 Å². The van der Waals surface area contributed by atoms with Gasteiger partial charge in [0.05, 0.1) is 17.7 Å². The van der Waals surface area contributed by atoms with Crippen molar-refractivity contribution in [2.75, 3.05) is 13.2 Å². The molecule has 1 aliphatic heterocycles. The number of benzene rings is 2. The zero-order chi connectivity index (χ0) is 24.1. The Balaban J connectivity index is 1.70. The number of thiocarbonyl (C=S) groups is 1. The third-order valence-electron chi connectivity index (χ3n) is 5.98. The molecule has 0 amide bonds. The van der Waals surface area contributed by atoms with Gasteiger partial charge in [-0.1, -0.05) is 66.7 Å². The van der Waals surface area contributed by atoms with Gasteiger partial charge in [0.15, 0.2) is 5.11 Å². The Labute approximate surface area is 207 Å². The van der Waals surface area contributed by atoms with Crippen molar-refractivity contribution in [1.29, 1.82) is 0 Å². The number of hydrogen-bond acceptors (Lipinski definition) is 5. The Kier molecular flexibility index (Phi) is 7.75. The Hall–Kier alpha value is -3.03. The molecular formula is C27H32N4O2S. The molecule has 0 aliphatic carbocycles. The zero-order valence-electron chi connectivity index (χ0n) is 20.2. The van der Waals surface area contributed by atoms with Gasteiger partial charge in [0, 0.05) is 24.4 Å². The molecule has 1 atom stereocenters. The highest BCUT2D eigenvalue weighted by atomic mass is 32.1. The largest absolute Gasteiger partial charge is 0.379 e. The molecule has 0 fully saturated rings. The van der Waals surface area contributed by atoms with Crippen LogP contribution in [0.25, 0.3) is 17.0 Å². The molecule has 4 rings (SSSR count). The maximum absolute atomic E-state index is 5.81. The second kappa shape index (κ2) is 10.9. The van der Waals surface area contributed by atoms with Gasteiger partial charge in [0.1, 0.15) is 0 Å². The van der Waals surface area contributed by atoms with Crippen molar-refractivity contribution in [1.82, 2.24) is 20.4 Å². The SMILES string of the molecule is CCc1ccc(C2NC(=S)N(CCCOC(C)C)C(C)=C2c2nc(-c3ccccc3)no2)cc1. The summed E-state index contributed by atoms with van der Waals surface area (Å²) in [5, 5.41) is 8.49. The van der Waals surface area contributed by atoms with E-state index < -0.39 is 0 Å². The monoisotopic (exact) mass is 476 g/mol. The normalized spacial score (nSPS) is 16.3. The number of aryl methyl sites for hydroxylation is 1. The Bertz CT molecular complexity index is 1140. The van der Waals surface area contributed by atoms with E-state index in [1.54, 1.807) is 0 Å². The lowest BCUT2D eigenvalue weighted by Crippen LogP contribution is -2.46. The third kappa shape index (κ3) is 5.37. The van der Waals surface area contributed by atoms with Gasteiger partial charge in [0.25, 0.3) is 5.89 Å². The molecule has 1 aromatic heterocycles. The summed E-state index contributed by atoms with van der Waals surface area (Å²) in [7, 11) is 0. The molecule has 1 N–H and O–H groups in total. The van der Waals surface area contributed by atoms with Crippen molar-refractivity contribution in [3.8, 4) is 11.4 Å². The zero-order valence-corrected chi connectivity index (χ0v) is 21.1. The standard InChI is InChI=1S/C27H32N4O2S/c1-5-20-12-14-21(15-13-20)24-23(26-29-25(30-33-26)22-10-7-6-8-11-22)19(4)31(27(34)28-24)16-9-17-32-18(2)3/h6-8,10-15,18,24H,5,9,16-17H2,1-4H3,(H,28,34). The second-order valence-electron chi connectivity index (χ2n) is 8.69. The molecular weight excluding hydrogens is 444 g/mol. The molecule has 0 spiro atoms. The van der Waals surface area contributed by atoms with Crippen LogP contribution in [-0.4, -0.2) is 39.4 Å². The number of allylic oxidation sites excluding steroid dienone is 1. The maximum Gasteiger partial charge on any atom is 0.258 e. The summed E-state index contributed by atoms with van der Waals surface area (Å²) in [6, 6.07) is 18.3. The molecule has 6 nitrogen and oxygen atoms in total. The number of rotatable bonds is 9. The average molecular weight is 477 g/mol. The molecule has 2 heterocycles. The molecule has 1 unspecified atom stereocenters. The molecule has 0 saturated carbocycles. The summed E-state index contributed by atoms with van der Waals surface area (Å²) in [6.45, 7) is 9.75. The van der Waals surface area contributed by atoms with Crippen LogP contribution in [-0.2, 0) is 11.2 Å². The van der Waals surface area contributed by atoms with Crippen molar-refractivity contribution in [3.63, 3.8) is 0 Å². The molecule has 1 aliphatic rings. The quantitative estimate of drug-likeness (QED) is 0.310. The minimum absolute atomic E-state index is 0.175. The Morgan fingerprint density at radius 1 is 1.12 bits per heavy atom. The van der Waals surface area contributed by atoms with Crippen LogP contribution in [0.3, 0.4) is 0 Å². The average Bonchev–Trinajstić information content (AvgIpc) is 3.33. The van der Waals surface area contributed by atoms with E-state index in [1.807, 2.05) is 44.2 Å². The highest BCUT2D eigenvalue weighted by molar-refractivity contribution is 7.80. The van der Waals surface area contributed by atoms with Gasteiger partial charge in [-0.15, -0.1) is 0 Å². The van der Waals surface area contributed by atoms with Crippen LogP contribution < -0.4 is 5.32 Å². The number of nitrogens with zero attached hydrogens (tertiary/aromatic N) is 3. The number of ether oxygens (including phenoxy) is 1. The minimum atomic E-state index is -0.175. The Morgan fingerprint density at radius 3 is 2.53 bits per heavy atom. The summed E-state index contributed by atoms with van der Waals surface area (Å²) < 4.78 is 11.5. The third-order valence-corrected chi connectivity index (χ3v) is 6.32. The Morgan fingerprint density at radius 2 is 1.85 bits per heavy atom. The summed E-state index contributed by atoms with van der Waals surface area (Å²) in [5.74, 6) is 1.07. The molecule has 178 valence electrons. The van der Waals surface area contributed by atoms with E-state index in [4.69, 9.17) is 26.5 Å². The van der Waals surface area contributed by atoms with Gasteiger partial charge < -0.3 is 19.5 Å². The first kappa shape index (κ1) is 24.1. The lowest BCUT2D eigenvalue weighted by molar-refractivity contribution is 0.0749. The van der Waals surface area contributed by atoms with Crippen LogP contribution in [0.2, 0.25) is 0 Å². The first-order chi connectivity index (χ1) is 16.5. The molecule has 3 aromatic rings. The smallest absolute Gasteiger partial charge is 0.258 e. The van der Waals surface area contributed by atoms with Crippen LogP contribution in [0.15, 0.2) is 64.8 Å². The highest BCUT2D eigenvalue weighted by Gasteiger charge is 2.33. The predicted octanol–water partition coefficient (Wildman–Crippen LogP) is 5.78. The van der Waals surface area contributed by atoms with Crippen LogP contribution in [0.5, 0.6) is 0 Å². The highest BCUT2D eigenvalue weighted by Crippen LogP contribution is 2.37. The summed E-state index contributed by atoms with van der Waals surface area (Å²) >= 11 is 5.79. The molecule has 34 heavy (non-hydrogen) atoms. The van der Waals surface area contributed by atoms with E-state index in [0.717, 1.165) is 41.8 Å². The van der Waals surface area contributed by atoms with Crippen molar-refractivity contribution >= 4 is 22.9 Å². The fourth-order valence-corrected chi connectivity index (χ4v) is 4.45. The van der Waals surface area contributed by atoms with Crippen LogP contribution in [0.1, 0.15) is 57.2 Å². The lowest BCUT2D eigenvalue weighted by Gasteiger charge is -2.37. The van der Waals surface area contributed by atoms with Gasteiger partial charge in [-0.2, -0.15) is 4.98 Å². The topological polar surface area (TPSA) is 63.4 Å². The van der Waals surface area contributed by atoms with E-state index >= 15 is 0 Å². The van der Waals surface area contributed by atoms with Crippen LogP contribution in [0.4, 0.5) is 0 Å². The fourth-order valence-electron chi connectivity index (χ4n) is 4.10. The van der Waals surface area contributed by atoms with E-state index in [-0.39, 0.29) is 12.1 Å². The van der Waals surface area contributed by atoms with E-state index in [1.165, 1.54) is 5.56 Å². The predicted molar refractivity (Wildman–Crippen MR) is 139 cm³/mol. The molecule has 7 heteroatoms. The lowest BCUT2D eigenvalue weighted by atomic mass is 9.94. The van der Waals surface area contributed by atoms with Gasteiger partial charge in [-0.05, 0) is 57.0 Å². The summed E-state index contributed by atoms with van der Waals surface area (Å²) in [5.41, 5.74) is 5.27. The molecule has 0 radical (unpaired) electrons. The van der Waals surface area contributed by atoms with Gasteiger partial charge in [-0.25, -0.2) is 0 Å². The van der Waals surface area contributed by atoms with E-state index in [9.17, 15) is 0 Å². The van der Waals surface area contributed by atoms with Crippen molar-refractivity contribution in [2.45, 2.75) is 52.7 Å². The van der Waals surface area contributed by atoms with E-state index in [0.29, 0.717) is 23.4 Å². The van der Waals surface area contributed by atoms with Crippen molar-refractivity contribution in [2.24, 2.45) is 0 Å². The maximum atomic E-state index is 5.81. The van der Waals surface area contributed by atoms with Gasteiger partial charge in [0.2, 0.25) is 5.82 Å². The summed E-state index contributed by atoms with van der Waals surface area (Å²) in [6.07, 6.45) is 2.07. The van der Waals surface area contributed by atoms with Crippen molar-refractivity contribution < 1.29 is 9.26 Å². The molecule has 0 bridgehead atoms. The number of aromatic nitrogens is 2. The fraction of sp³-hybridized carbons (Fsp3) is 0.370. The van der Waals surface area contributed by atoms with Crippen LogP contribution >= 0.6 is 12.2 Å². The first-order valence-corrected chi connectivity index (χ1v) is 12.3. The van der Waals surface area contributed by atoms with Gasteiger partial charge in [-0.3, -0.25) is 0 Å². The number of hydrogen-bond donors (Lipinski definition) is 1. The molecule has 0 saturated heterocycles. The van der Waals surface area contributed by atoms with Crippen molar-refractivity contribution in [3.05, 3.63) is 77.3 Å². The van der Waals surface area contributed by atoms with Crippen LogP contribution in [0, 0.1) is 0 Å². The summed E-state index contributed by atoms with van der Waals surface area (Å²) in [4.78, 5) is 6.88. The first-order valence-electron chi connectivity index (χ1n) is 11.9.